The molecule has 0 radical (unpaired) electrons. The third-order valence-corrected chi connectivity index (χ3v) is 3.40. The van der Waals surface area contributed by atoms with Gasteiger partial charge in [-0.3, -0.25) is 4.79 Å². The van der Waals surface area contributed by atoms with Crippen LogP contribution in [0.4, 0.5) is 0 Å². The summed E-state index contributed by atoms with van der Waals surface area (Å²) in [7, 11) is 0. The van der Waals surface area contributed by atoms with Crippen LogP contribution >= 0.6 is 0 Å². The van der Waals surface area contributed by atoms with Crippen molar-refractivity contribution in [2.45, 2.75) is 25.8 Å². The molecule has 0 aliphatic carbocycles. The van der Waals surface area contributed by atoms with Crippen LogP contribution in [-0.2, 0) is 16.0 Å². The molecule has 1 saturated heterocycles. The topological polar surface area (TPSA) is 66.9 Å². The number of unbranched alkanes of at least 4 members (excludes halogenated alkanes) is 1. The van der Waals surface area contributed by atoms with Gasteiger partial charge in [0.05, 0.1) is 12.6 Å². The molecule has 0 aromatic rings. The van der Waals surface area contributed by atoms with E-state index in [9.17, 15) is 9.35 Å². The van der Waals surface area contributed by atoms with Crippen LogP contribution in [0.1, 0.15) is 19.8 Å². The molecule has 4 nitrogen and oxygen atoms in total. The van der Waals surface area contributed by atoms with Gasteiger partial charge in [0.15, 0.2) is 5.75 Å². The second-order valence-electron chi connectivity index (χ2n) is 3.33. The number of carbonyl (C=O) groups excluding carboxylic acids is 1. The molecular weight excluding hydrogens is 200 g/mol. The summed E-state index contributed by atoms with van der Waals surface area (Å²) in [4.78, 5) is 12.8. The molecule has 1 amide bonds. The molecule has 0 saturated carbocycles. The Labute approximate surface area is 87.1 Å². The first-order valence-electron chi connectivity index (χ1n) is 4.73. The number of hydrogen-bond donors (Lipinski definition) is 0. The highest BCUT2D eigenvalue weighted by Gasteiger charge is 2.39. The molecule has 14 heavy (non-hydrogen) atoms. The fourth-order valence-corrected chi connectivity index (χ4v) is 2.32. The van der Waals surface area contributed by atoms with Crippen molar-refractivity contribution in [3.05, 3.63) is 0 Å². The third-order valence-electron chi connectivity index (χ3n) is 2.09. The van der Waals surface area contributed by atoms with Crippen LogP contribution < -0.4 is 0 Å². The maximum Gasteiger partial charge on any atom is 0.273 e. The molecule has 2 unspecified atom stereocenters. The van der Waals surface area contributed by atoms with Gasteiger partial charge in [0.1, 0.15) is 11.8 Å². The molecule has 0 aromatic heterocycles. The first-order chi connectivity index (χ1) is 6.69. The van der Waals surface area contributed by atoms with Crippen molar-refractivity contribution in [1.29, 1.82) is 5.26 Å². The lowest BCUT2D eigenvalue weighted by atomic mass is 10.4. The van der Waals surface area contributed by atoms with E-state index in [1.54, 1.807) is 0 Å². The molecule has 1 aliphatic heterocycles. The minimum absolute atomic E-state index is 0.0815. The first kappa shape index (κ1) is 11.3. The zero-order valence-corrected chi connectivity index (χ0v) is 9.05. The normalized spacial score (nSPS) is 21.5. The van der Waals surface area contributed by atoms with Gasteiger partial charge in [0, 0.05) is 0 Å². The number of rotatable bonds is 5. The maximum absolute atomic E-state index is 11.3. The minimum atomic E-state index is -1.05. The average Bonchev–Trinajstić information content (AvgIpc) is 2.93. The Balaban J connectivity index is 2.18. The maximum atomic E-state index is 11.3. The Morgan fingerprint density at radius 2 is 2.50 bits per heavy atom. The van der Waals surface area contributed by atoms with Crippen LogP contribution in [0.25, 0.3) is 0 Å². The van der Waals surface area contributed by atoms with Gasteiger partial charge in [0.25, 0.3) is 5.91 Å². The molecule has 5 heteroatoms. The standard InChI is InChI=1S/C9H14N2O2S/c1-2-3-4-14(13)7-9(12)11-6-8(11)5-10/h8H,2-4,6-7H2,1H3. The number of amides is 1. The van der Waals surface area contributed by atoms with E-state index in [0.29, 0.717) is 12.3 Å². The van der Waals surface area contributed by atoms with Gasteiger partial charge in [-0.2, -0.15) is 5.26 Å². The number of nitriles is 1. The van der Waals surface area contributed by atoms with Crippen molar-refractivity contribution in [3.8, 4) is 6.07 Å². The van der Waals surface area contributed by atoms with Crippen LogP contribution in [0.5, 0.6) is 0 Å². The Morgan fingerprint density at radius 3 is 3.00 bits per heavy atom. The fourth-order valence-electron chi connectivity index (χ4n) is 1.12. The lowest BCUT2D eigenvalue weighted by molar-refractivity contribution is -0.123. The smallest absolute Gasteiger partial charge is 0.273 e. The van der Waals surface area contributed by atoms with Crippen LogP contribution in [0.3, 0.4) is 0 Å². The number of nitrogens with zero attached hydrogens (tertiary/aromatic N) is 2. The molecule has 0 spiro atoms. The molecule has 2 atom stereocenters. The van der Waals surface area contributed by atoms with Gasteiger partial charge in [0.2, 0.25) is 0 Å². The Morgan fingerprint density at radius 1 is 1.79 bits per heavy atom. The van der Waals surface area contributed by atoms with Crippen molar-refractivity contribution >= 4 is 17.1 Å². The van der Waals surface area contributed by atoms with E-state index >= 15 is 0 Å². The van der Waals surface area contributed by atoms with E-state index in [1.807, 2.05) is 13.0 Å². The molecular formula is C9H14N2O2S. The van der Waals surface area contributed by atoms with E-state index in [2.05, 4.69) is 0 Å². The van der Waals surface area contributed by atoms with E-state index in [1.165, 1.54) is 4.90 Å². The third kappa shape index (κ3) is 3.20. The second-order valence-corrected chi connectivity index (χ2v) is 4.91. The van der Waals surface area contributed by atoms with Gasteiger partial charge in [-0.05, 0) is 17.6 Å². The molecule has 1 rings (SSSR count). The second kappa shape index (κ2) is 5.23. The van der Waals surface area contributed by atoms with Crippen molar-refractivity contribution in [1.82, 2.24) is 4.90 Å². The Kier molecular flexibility index (Phi) is 4.23. The molecule has 0 bridgehead atoms. The molecule has 1 aliphatic rings. The zero-order chi connectivity index (χ0) is 10.6. The zero-order valence-electron chi connectivity index (χ0n) is 8.23. The molecule has 1 fully saturated rings. The fraction of sp³-hybridized carbons (Fsp3) is 0.778. The molecule has 78 valence electrons. The van der Waals surface area contributed by atoms with Gasteiger partial charge >= 0.3 is 0 Å². The monoisotopic (exact) mass is 214 g/mol. The van der Waals surface area contributed by atoms with Crippen molar-refractivity contribution < 1.29 is 9.35 Å². The van der Waals surface area contributed by atoms with E-state index in [0.717, 1.165) is 12.8 Å². The largest absolute Gasteiger partial charge is 0.616 e. The first-order valence-corrected chi connectivity index (χ1v) is 6.22. The summed E-state index contributed by atoms with van der Waals surface area (Å²) in [5, 5.41) is 8.48. The number of hydrogen-bond acceptors (Lipinski definition) is 3. The van der Waals surface area contributed by atoms with Crippen LogP contribution in [-0.4, -0.2) is 39.5 Å². The summed E-state index contributed by atoms with van der Waals surface area (Å²) >= 11 is -1.05. The summed E-state index contributed by atoms with van der Waals surface area (Å²) in [6, 6.07) is 1.73. The molecule has 0 aromatic carbocycles. The van der Waals surface area contributed by atoms with E-state index in [-0.39, 0.29) is 17.7 Å². The average molecular weight is 214 g/mol. The quantitative estimate of drug-likeness (QED) is 0.487. The van der Waals surface area contributed by atoms with Gasteiger partial charge in [-0.15, -0.1) is 0 Å². The Bertz CT molecular complexity index is 252. The van der Waals surface area contributed by atoms with Gasteiger partial charge < -0.3 is 9.45 Å². The highest BCUT2D eigenvalue weighted by Crippen LogP contribution is 2.16. The van der Waals surface area contributed by atoms with Crippen LogP contribution in [0.2, 0.25) is 0 Å². The molecule has 0 N–H and O–H groups in total. The molecule has 1 heterocycles. The summed E-state index contributed by atoms with van der Waals surface area (Å²) in [6.07, 6.45) is 1.88. The summed E-state index contributed by atoms with van der Waals surface area (Å²) in [5.74, 6) is 0.525. The lowest BCUT2D eigenvalue weighted by Crippen LogP contribution is -2.25. The van der Waals surface area contributed by atoms with Crippen molar-refractivity contribution in [2.24, 2.45) is 0 Å². The lowest BCUT2D eigenvalue weighted by Gasteiger charge is -2.09. The minimum Gasteiger partial charge on any atom is -0.616 e. The Hall–Kier alpha value is -0.730. The predicted molar refractivity (Wildman–Crippen MR) is 53.9 cm³/mol. The summed E-state index contributed by atoms with van der Waals surface area (Å²) in [5.41, 5.74) is 0. The highest BCUT2D eigenvalue weighted by atomic mass is 32.2. The van der Waals surface area contributed by atoms with Gasteiger partial charge in [-0.1, -0.05) is 13.3 Å². The van der Waals surface area contributed by atoms with Crippen molar-refractivity contribution in [2.75, 3.05) is 18.1 Å². The van der Waals surface area contributed by atoms with E-state index < -0.39 is 11.2 Å². The van der Waals surface area contributed by atoms with Crippen LogP contribution in [0, 0.1) is 11.3 Å². The predicted octanol–water partition coefficient (Wildman–Crippen LogP) is 0.270. The highest BCUT2D eigenvalue weighted by molar-refractivity contribution is 7.92. The SMILES string of the molecule is CCCC[S+]([O-])CC(=O)N1CC1C#N. The van der Waals surface area contributed by atoms with Crippen LogP contribution in [0.15, 0.2) is 0 Å². The summed E-state index contributed by atoms with van der Waals surface area (Å²) < 4.78 is 11.3. The summed E-state index contributed by atoms with van der Waals surface area (Å²) in [6.45, 7) is 2.54. The number of carbonyl (C=O) groups is 1. The van der Waals surface area contributed by atoms with Crippen molar-refractivity contribution in [3.63, 3.8) is 0 Å². The van der Waals surface area contributed by atoms with E-state index in [4.69, 9.17) is 5.26 Å². The van der Waals surface area contributed by atoms with Gasteiger partial charge in [-0.25, -0.2) is 0 Å².